The van der Waals surface area contributed by atoms with Crippen LogP contribution in [0, 0.1) is 39.9 Å². The molecule has 0 saturated heterocycles. The van der Waals surface area contributed by atoms with Gasteiger partial charge in [0.2, 0.25) is 5.91 Å². The molecule has 1 fully saturated rings. The van der Waals surface area contributed by atoms with Crippen molar-refractivity contribution in [3.63, 3.8) is 0 Å². The van der Waals surface area contributed by atoms with Crippen molar-refractivity contribution >= 4 is 11.9 Å². The molecule has 102 valence electrons. The summed E-state index contributed by atoms with van der Waals surface area (Å²) >= 11 is 0. The van der Waals surface area contributed by atoms with E-state index in [2.05, 4.69) is 0 Å². The molecule has 2 unspecified atom stereocenters. The summed E-state index contributed by atoms with van der Waals surface area (Å²) in [4.78, 5) is 24.8. The van der Waals surface area contributed by atoms with E-state index in [1.54, 1.807) is 13.8 Å². The Morgan fingerprint density at radius 2 is 1.63 bits per heavy atom. The molecule has 19 heavy (non-hydrogen) atoms. The number of nitrogens with zero attached hydrogens (tertiary/aromatic N) is 3. The highest BCUT2D eigenvalue weighted by molar-refractivity contribution is 5.91. The molecule has 0 bridgehead atoms. The molecule has 6 heteroatoms. The Labute approximate surface area is 112 Å². The van der Waals surface area contributed by atoms with E-state index in [0.29, 0.717) is 0 Å². The third kappa shape index (κ3) is 3.03. The molecule has 0 aliphatic heterocycles. The number of carboxylic acid groups (broad SMARTS) is 1. The van der Waals surface area contributed by atoms with Gasteiger partial charge in [0.15, 0.2) is 0 Å². The van der Waals surface area contributed by atoms with Gasteiger partial charge in [-0.1, -0.05) is 13.8 Å². The van der Waals surface area contributed by atoms with Crippen LogP contribution in [-0.2, 0) is 9.59 Å². The van der Waals surface area contributed by atoms with E-state index in [9.17, 15) is 9.59 Å². The summed E-state index contributed by atoms with van der Waals surface area (Å²) in [5.74, 6) is -2.46. The third-order valence-electron chi connectivity index (χ3n) is 3.66. The van der Waals surface area contributed by atoms with E-state index >= 15 is 0 Å². The normalized spacial score (nSPS) is 22.9. The maximum absolute atomic E-state index is 12.3. The number of carboxylic acids is 1. The molecule has 1 aliphatic carbocycles. The van der Waals surface area contributed by atoms with Crippen LogP contribution in [0.2, 0.25) is 0 Å². The molecule has 2 atom stereocenters. The molecule has 1 aliphatic rings. The van der Waals surface area contributed by atoms with E-state index in [-0.39, 0.29) is 31.8 Å². The molecule has 0 aromatic carbocycles. The molecule has 0 heterocycles. The van der Waals surface area contributed by atoms with Gasteiger partial charge >= 0.3 is 5.97 Å². The van der Waals surface area contributed by atoms with E-state index in [1.807, 2.05) is 12.1 Å². The minimum absolute atomic E-state index is 0.183. The van der Waals surface area contributed by atoms with Crippen molar-refractivity contribution in [2.24, 2.45) is 17.3 Å². The van der Waals surface area contributed by atoms with Crippen LogP contribution in [0.4, 0.5) is 0 Å². The maximum Gasteiger partial charge on any atom is 0.307 e. The van der Waals surface area contributed by atoms with Crippen molar-refractivity contribution in [3.8, 4) is 12.1 Å². The van der Waals surface area contributed by atoms with Crippen LogP contribution in [0.15, 0.2) is 0 Å². The summed E-state index contributed by atoms with van der Waals surface area (Å²) in [7, 11) is 0. The quantitative estimate of drug-likeness (QED) is 0.769. The first-order valence-electron chi connectivity index (χ1n) is 6.13. The van der Waals surface area contributed by atoms with E-state index in [4.69, 9.17) is 15.6 Å². The molecular weight excluding hydrogens is 246 g/mol. The number of carbonyl (C=O) groups excluding carboxylic acids is 1. The van der Waals surface area contributed by atoms with Crippen LogP contribution in [0.5, 0.6) is 0 Å². The van der Waals surface area contributed by atoms with Crippen molar-refractivity contribution in [1.29, 1.82) is 10.5 Å². The predicted molar refractivity (Wildman–Crippen MR) is 65.4 cm³/mol. The Hall–Kier alpha value is -2.08. The first-order valence-corrected chi connectivity index (χ1v) is 6.13. The van der Waals surface area contributed by atoms with Gasteiger partial charge in [0.1, 0.15) is 0 Å². The molecule has 1 N–H and O–H groups in total. The zero-order valence-electron chi connectivity index (χ0n) is 11.1. The van der Waals surface area contributed by atoms with Gasteiger partial charge in [0.25, 0.3) is 0 Å². The second-order valence-electron chi connectivity index (χ2n) is 5.26. The molecule has 1 amide bonds. The minimum Gasteiger partial charge on any atom is -0.481 e. The van der Waals surface area contributed by atoms with Crippen molar-refractivity contribution in [2.45, 2.75) is 26.7 Å². The monoisotopic (exact) mass is 263 g/mol. The number of hydrogen-bond donors (Lipinski definition) is 1. The highest BCUT2D eigenvalue weighted by Crippen LogP contribution is 2.59. The fraction of sp³-hybridized carbons (Fsp3) is 0.692. The van der Waals surface area contributed by atoms with Gasteiger partial charge in [0.05, 0.1) is 36.8 Å². The standard InChI is InChI=1S/C13H17N3O3/c1-13(2)9(10(13)12(18)19)11(17)16(7-3-5-14)8-4-6-15/h9-10H,3-4,7-8H2,1-2H3,(H,18,19). The second kappa shape index (κ2) is 5.71. The van der Waals surface area contributed by atoms with Gasteiger partial charge in [-0.05, 0) is 5.41 Å². The molecule has 1 saturated carbocycles. The zero-order chi connectivity index (χ0) is 14.6. The summed E-state index contributed by atoms with van der Waals surface area (Å²) in [6, 6.07) is 3.90. The number of hydrogen-bond acceptors (Lipinski definition) is 4. The molecule has 0 spiro atoms. The number of carbonyl (C=O) groups is 2. The van der Waals surface area contributed by atoms with Crippen molar-refractivity contribution in [3.05, 3.63) is 0 Å². The van der Waals surface area contributed by atoms with Gasteiger partial charge in [-0.25, -0.2) is 0 Å². The predicted octanol–water partition coefficient (Wildman–Crippen LogP) is 0.999. The van der Waals surface area contributed by atoms with Crippen LogP contribution in [0.25, 0.3) is 0 Å². The Bertz CT molecular complexity index is 441. The molecule has 0 radical (unpaired) electrons. The highest BCUT2D eigenvalue weighted by Gasteiger charge is 2.66. The number of amides is 1. The largest absolute Gasteiger partial charge is 0.481 e. The molecule has 1 rings (SSSR count). The third-order valence-corrected chi connectivity index (χ3v) is 3.66. The maximum atomic E-state index is 12.3. The van der Waals surface area contributed by atoms with Crippen molar-refractivity contribution < 1.29 is 14.7 Å². The molecule has 6 nitrogen and oxygen atoms in total. The molecule has 0 aromatic rings. The topological polar surface area (TPSA) is 105 Å². The van der Waals surface area contributed by atoms with Gasteiger partial charge in [-0.3, -0.25) is 9.59 Å². The SMILES string of the molecule is CC1(C)C(C(=O)O)C1C(=O)N(CCC#N)CCC#N. The fourth-order valence-electron chi connectivity index (χ4n) is 2.46. The van der Waals surface area contributed by atoms with Crippen LogP contribution in [-0.4, -0.2) is 35.0 Å². The molecular formula is C13H17N3O3. The molecule has 0 aromatic heterocycles. The van der Waals surface area contributed by atoms with Crippen LogP contribution in [0.1, 0.15) is 26.7 Å². The van der Waals surface area contributed by atoms with E-state index < -0.39 is 23.2 Å². The van der Waals surface area contributed by atoms with Gasteiger partial charge in [-0.2, -0.15) is 10.5 Å². The first-order chi connectivity index (χ1) is 8.87. The van der Waals surface area contributed by atoms with Gasteiger partial charge in [0, 0.05) is 13.1 Å². The van der Waals surface area contributed by atoms with Gasteiger partial charge < -0.3 is 10.0 Å². The Balaban J connectivity index is 2.75. The first kappa shape index (κ1) is 15.0. The number of nitriles is 2. The Morgan fingerprint density at radius 1 is 1.16 bits per heavy atom. The van der Waals surface area contributed by atoms with Crippen LogP contribution >= 0.6 is 0 Å². The average Bonchev–Trinajstić information content (AvgIpc) is 2.92. The van der Waals surface area contributed by atoms with Crippen LogP contribution in [0.3, 0.4) is 0 Å². The number of rotatable bonds is 6. The fourth-order valence-corrected chi connectivity index (χ4v) is 2.46. The average molecular weight is 263 g/mol. The lowest BCUT2D eigenvalue weighted by molar-refractivity contribution is -0.142. The summed E-state index contributed by atoms with van der Waals surface area (Å²) < 4.78 is 0. The summed E-state index contributed by atoms with van der Waals surface area (Å²) in [6.07, 6.45) is 0.365. The summed E-state index contributed by atoms with van der Waals surface area (Å²) in [5.41, 5.74) is -0.555. The minimum atomic E-state index is -0.969. The Kier molecular flexibility index (Phi) is 4.50. The van der Waals surface area contributed by atoms with E-state index in [0.717, 1.165) is 0 Å². The lowest BCUT2D eigenvalue weighted by atomic mass is 10.1. The summed E-state index contributed by atoms with van der Waals surface area (Å²) in [6.45, 7) is 3.99. The lowest BCUT2D eigenvalue weighted by Crippen LogP contribution is -2.35. The van der Waals surface area contributed by atoms with Crippen molar-refractivity contribution in [2.75, 3.05) is 13.1 Å². The van der Waals surface area contributed by atoms with E-state index in [1.165, 1.54) is 4.90 Å². The highest BCUT2D eigenvalue weighted by atomic mass is 16.4. The van der Waals surface area contributed by atoms with Gasteiger partial charge in [-0.15, -0.1) is 0 Å². The smallest absolute Gasteiger partial charge is 0.307 e. The zero-order valence-corrected chi connectivity index (χ0v) is 11.1. The lowest BCUT2D eigenvalue weighted by Gasteiger charge is -2.21. The second-order valence-corrected chi connectivity index (χ2v) is 5.26. The van der Waals surface area contributed by atoms with Crippen LogP contribution < -0.4 is 0 Å². The summed E-state index contributed by atoms with van der Waals surface area (Å²) in [5, 5.41) is 26.2. The Morgan fingerprint density at radius 3 is 1.95 bits per heavy atom. The number of aliphatic carboxylic acids is 1. The van der Waals surface area contributed by atoms with Crippen molar-refractivity contribution in [1.82, 2.24) is 4.90 Å².